The summed E-state index contributed by atoms with van der Waals surface area (Å²) in [5.74, 6) is -0.313. The summed E-state index contributed by atoms with van der Waals surface area (Å²) < 4.78 is 5.10. The molecule has 0 heterocycles. The average molecular weight is 369 g/mol. The van der Waals surface area contributed by atoms with E-state index in [0.717, 1.165) is 11.8 Å². The number of hydrogen-bond donors (Lipinski definition) is 1. The molecule has 0 saturated carbocycles. The van der Waals surface area contributed by atoms with Gasteiger partial charge in [-0.25, -0.2) is 0 Å². The third kappa shape index (κ3) is 5.76. The Morgan fingerprint density at radius 1 is 1.22 bits per heavy atom. The number of hydrogen-bond acceptors (Lipinski definition) is 8. The fourth-order valence-electron chi connectivity index (χ4n) is 2.31. The van der Waals surface area contributed by atoms with Crippen LogP contribution in [-0.4, -0.2) is 36.8 Å². The van der Waals surface area contributed by atoms with Crippen molar-refractivity contribution >= 4 is 22.7 Å². The van der Waals surface area contributed by atoms with Crippen molar-refractivity contribution < 1.29 is 14.8 Å². The summed E-state index contributed by atoms with van der Waals surface area (Å²) in [5, 5.41) is 37.2. The first kappa shape index (κ1) is 19.8. The Kier molecular flexibility index (Phi) is 7.22. The normalized spacial score (nSPS) is 10.7. The van der Waals surface area contributed by atoms with Crippen molar-refractivity contribution in [2.45, 2.75) is 6.42 Å². The Morgan fingerprint density at radius 2 is 1.96 bits per heavy atom. The summed E-state index contributed by atoms with van der Waals surface area (Å²) in [6, 6.07) is 13.0. The number of aromatic hydroxyl groups is 1. The summed E-state index contributed by atoms with van der Waals surface area (Å²) >= 11 is 0. The second kappa shape index (κ2) is 9.84. The van der Waals surface area contributed by atoms with Gasteiger partial charge in [0.1, 0.15) is 11.4 Å². The number of non-ortho nitro benzene ring substituents is 1. The number of anilines is 1. The molecule has 0 fully saturated rings. The standard InChI is InChI=1S/C18H19N5O4/c1-27-12-11-22(10-2-9-19)15-5-3-14(4-6-15)20-21-17-8-7-16(23(25)26)13-18(17)24/h3-8,13,24H,2,10-12H2,1H3. The van der Waals surface area contributed by atoms with Gasteiger partial charge in [0.15, 0.2) is 0 Å². The molecule has 2 rings (SSSR count). The predicted molar refractivity (Wildman–Crippen MR) is 99.7 cm³/mol. The molecule has 0 atom stereocenters. The van der Waals surface area contributed by atoms with E-state index in [0.29, 0.717) is 31.8 Å². The first-order valence-corrected chi connectivity index (χ1v) is 8.15. The van der Waals surface area contributed by atoms with E-state index in [4.69, 9.17) is 10.00 Å². The van der Waals surface area contributed by atoms with Gasteiger partial charge in [-0.05, 0) is 30.3 Å². The lowest BCUT2D eigenvalue weighted by Gasteiger charge is -2.23. The van der Waals surface area contributed by atoms with Crippen LogP contribution in [0.4, 0.5) is 22.7 Å². The topological polar surface area (TPSA) is 124 Å². The van der Waals surface area contributed by atoms with Crippen LogP contribution in [0.2, 0.25) is 0 Å². The quantitative estimate of drug-likeness (QED) is 0.403. The molecule has 0 radical (unpaired) electrons. The number of rotatable bonds is 9. The molecule has 0 bridgehead atoms. The first-order chi connectivity index (χ1) is 13.0. The molecule has 0 unspecified atom stereocenters. The molecule has 27 heavy (non-hydrogen) atoms. The number of methoxy groups -OCH3 is 1. The molecule has 0 aliphatic heterocycles. The van der Waals surface area contributed by atoms with E-state index in [1.807, 2.05) is 17.0 Å². The summed E-state index contributed by atoms with van der Waals surface area (Å²) in [6.45, 7) is 1.80. The van der Waals surface area contributed by atoms with Gasteiger partial charge >= 0.3 is 0 Å². The van der Waals surface area contributed by atoms with Crippen LogP contribution in [0.1, 0.15) is 6.42 Å². The largest absolute Gasteiger partial charge is 0.505 e. The van der Waals surface area contributed by atoms with Crippen LogP contribution in [0.15, 0.2) is 52.7 Å². The van der Waals surface area contributed by atoms with E-state index in [1.165, 1.54) is 12.1 Å². The van der Waals surface area contributed by atoms with Gasteiger partial charge in [0, 0.05) is 32.0 Å². The van der Waals surface area contributed by atoms with Crippen LogP contribution in [0.3, 0.4) is 0 Å². The predicted octanol–water partition coefficient (Wildman–Crippen LogP) is 4.08. The van der Waals surface area contributed by atoms with Gasteiger partial charge in [0.2, 0.25) is 0 Å². The van der Waals surface area contributed by atoms with Crippen LogP contribution in [0, 0.1) is 21.4 Å². The molecule has 2 aromatic carbocycles. The Morgan fingerprint density at radius 3 is 2.56 bits per heavy atom. The number of nitriles is 1. The second-order valence-corrected chi connectivity index (χ2v) is 5.53. The number of nitrogens with zero attached hydrogens (tertiary/aromatic N) is 5. The van der Waals surface area contributed by atoms with Gasteiger partial charge < -0.3 is 14.7 Å². The van der Waals surface area contributed by atoms with Crippen LogP contribution in [0.25, 0.3) is 0 Å². The van der Waals surface area contributed by atoms with Crippen molar-refractivity contribution in [1.82, 2.24) is 0 Å². The minimum atomic E-state index is -0.596. The molecule has 0 aliphatic carbocycles. The molecule has 0 aliphatic rings. The molecule has 0 saturated heterocycles. The molecule has 2 aromatic rings. The molecule has 0 aromatic heterocycles. The van der Waals surface area contributed by atoms with Crippen molar-refractivity contribution in [1.29, 1.82) is 5.26 Å². The zero-order valence-corrected chi connectivity index (χ0v) is 14.8. The highest BCUT2D eigenvalue weighted by Gasteiger charge is 2.10. The zero-order chi connectivity index (χ0) is 19.6. The van der Waals surface area contributed by atoms with Crippen molar-refractivity contribution in [2.75, 3.05) is 31.7 Å². The maximum atomic E-state index is 10.7. The number of nitro groups is 1. The molecule has 9 heteroatoms. The highest BCUT2D eigenvalue weighted by atomic mass is 16.6. The monoisotopic (exact) mass is 369 g/mol. The van der Waals surface area contributed by atoms with E-state index < -0.39 is 4.92 Å². The number of phenols is 1. The Labute approximate surface area is 156 Å². The van der Waals surface area contributed by atoms with Crippen LogP contribution in [0.5, 0.6) is 5.75 Å². The smallest absolute Gasteiger partial charge is 0.273 e. The molecular weight excluding hydrogens is 350 g/mol. The maximum Gasteiger partial charge on any atom is 0.273 e. The van der Waals surface area contributed by atoms with Gasteiger partial charge in [-0.15, -0.1) is 5.11 Å². The summed E-state index contributed by atoms with van der Waals surface area (Å²) in [4.78, 5) is 12.1. The molecule has 140 valence electrons. The molecular formula is C18H19N5O4. The van der Waals surface area contributed by atoms with Crippen molar-refractivity contribution in [3.05, 3.63) is 52.6 Å². The SMILES string of the molecule is COCCN(CCC#N)c1ccc(N=Nc2ccc([N+](=O)[O-])cc2O)cc1. The zero-order valence-electron chi connectivity index (χ0n) is 14.8. The van der Waals surface area contributed by atoms with Crippen molar-refractivity contribution in [3.63, 3.8) is 0 Å². The number of phenolic OH excluding ortho intramolecular Hbond substituents is 1. The lowest BCUT2D eigenvalue weighted by Crippen LogP contribution is -2.28. The van der Waals surface area contributed by atoms with E-state index >= 15 is 0 Å². The van der Waals surface area contributed by atoms with Gasteiger partial charge in [0.05, 0.1) is 35.8 Å². The van der Waals surface area contributed by atoms with Gasteiger partial charge in [-0.3, -0.25) is 10.1 Å². The first-order valence-electron chi connectivity index (χ1n) is 8.15. The van der Waals surface area contributed by atoms with Gasteiger partial charge in [0.25, 0.3) is 5.69 Å². The fraction of sp³-hybridized carbons (Fsp3) is 0.278. The number of benzene rings is 2. The average Bonchev–Trinajstić information content (AvgIpc) is 2.67. The number of ether oxygens (including phenoxy) is 1. The van der Waals surface area contributed by atoms with Crippen molar-refractivity contribution in [3.8, 4) is 11.8 Å². The van der Waals surface area contributed by atoms with E-state index in [9.17, 15) is 15.2 Å². The van der Waals surface area contributed by atoms with Crippen LogP contribution < -0.4 is 4.90 Å². The highest BCUT2D eigenvalue weighted by Crippen LogP contribution is 2.31. The summed E-state index contributed by atoms with van der Waals surface area (Å²) in [5.41, 5.74) is 1.41. The Hall–Kier alpha value is -3.51. The molecule has 0 spiro atoms. The Bertz CT molecular complexity index is 846. The fourth-order valence-corrected chi connectivity index (χ4v) is 2.31. The Balaban J connectivity index is 2.11. The number of azo groups is 1. The summed E-state index contributed by atoms with van der Waals surface area (Å²) in [6.07, 6.45) is 0.407. The van der Waals surface area contributed by atoms with Crippen molar-refractivity contribution in [2.24, 2.45) is 10.2 Å². The maximum absolute atomic E-state index is 10.7. The van der Waals surface area contributed by atoms with Gasteiger partial charge in [-0.1, -0.05) is 0 Å². The minimum Gasteiger partial charge on any atom is -0.505 e. The minimum absolute atomic E-state index is 0.139. The summed E-state index contributed by atoms with van der Waals surface area (Å²) in [7, 11) is 1.62. The molecule has 0 amide bonds. The molecule has 9 nitrogen and oxygen atoms in total. The van der Waals surface area contributed by atoms with Crippen LogP contribution >= 0.6 is 0 Å². The van der Waals surface area contributed by atoms with Gasteiger partial charge in [-0.2, -0.15) is 10.4 Å². The number of nitro benzene ring substituents is 1. The lowest BCUT2D eigenvalue weighted by atomic mass is 10.2. The van der Waals surface area contributed by atoms with Crippen LogP contribution in [-0.2, 0) is 4.74 Å². The second-order valence-electron chi connectivity index (χ2n) is 5.53. The lowest BCUT2D eigenvalue weighted by molar-refractivity contribution is -0.384. The van der Waals surface area contributed by atoms with E-state index in [1.54, 1.807) is 19.2 Å². The highest BCUT2D eigenvalue weighted by molar-refractivity contribution is 5.57. The van der Waals surface area contributed by atoms with E-state index in [2.05, 4.69) is 16.3 Å². The third-order valence-electron chi connectivity index (χ3n) is 3.72. The van der Waals surface area contributed by atoms with E-state index in [-0.39, 0.29) is 17.1 Å². The molecule has 1 N–H and O–H groups in total. The third-order valence-corrected chi connectivity index (χ3v) is 3.72.